The lowest BCUT2D eigenvalue weighted by Gasteiger charge is -2.34. The van der Waals surface area contributed by atoms with Crippen LogP contribution in [0.15, 0.2) is 82.2 Å². The summed E-state index contributed by atoms with van der Waals surface area (Å²) in [5, 5.41) is 2.81. The minimum atomic E-state index is -4.03. The number of amides is 1. The number of hydrogen-bond donors (Lipinski definition) is 2. The van der Waals surface area contributed by atoms with E-state index in [2.05, 4.69) is 26.0 Å². The number of carbonyl (C=O) groups is 2. The molecule has 0 radical (unpaired) electrons. The summed E-state index contributed by atoms with van der Waals surface area (Å²) < 4.78 is 36.4. The number of carbonyl (C=O) groups excluding carboxylic acids is 2. The van der Waals surface area contributed by atoms with Crippen molar-refractivity contribution in [3.8, 4) is 0 Å². The maximum Gasteiger partial charge on any atom is 0.310 e. The van der Waals surface area contributed by atoms with Crippen molar-refractivity contribution in [1.82, 2.24) is 4.72 Å². The number of nitrogens with one attached hydrogen (secondary N) is 2. The molecule has 39 heavy (non-hydrogen) atoms. The SMILES string of the molecule is CCOC(=O)[C@@H]1CCCN(c2ccc(NC(=O)c3ccc(Br)cc3)cc2S(=O)(=O)N[C@@H](C)c2ccccc2)C1. The molecule has 0 bridgehead atoms. The number of benzene rings is 3. The third-order valence-corrected chi connectivity index (χ3v) is 8.73. The number of esters is 1. The van der Waals surface area contributed by atoms with Crippen LogP contribution < -0.4 is 14.9 Å². The Morgan fingerprint density at radius 2 is 1.79 bits per heavy atom. The molecule has 1 heterocycles. The van der Waals surface area contributed by atoms with Gasteiger partial charge in [0.15, 0.2) is 0 Å². The molecular formula is C29H32BrN3O5S. The van der Waals surface area contributed by atoms with Crippen molar-refractivity contribution in [1.29, 1.82) is 0 Å². The molecular weight excluding hydrogens is 582 g/mol. The van der Waals surface area contributed by atoms with E-state index in [4.69, 9.17) is 4.74 Å². The van der Waals surface area contributed by atoms with Crippen LogP contribution in [-0.4, -0.2) is 40.0 Å². The molecule has 0 aliphatic carbocycles. The highest BCUT2D eigenvalue weighted by Gasteiger charge is 2.31. The van der Waals surface area contributed by atoms with Crippen LogP contribution in [0.2, 0.25) is 0 Å². The van der Waals surface area contributed by atoms with Crippen LogP contribution in [0.4, 0.5) is 11.4 Å². The number of piperidine rings is 1. The Hall–Kier alpha value is -3.21. The van der Waals surface area contributed by atoms with Gasteiger partial charge < -0.3 is 15.0 Å². The number of sulfonamides is 1. The van der Waals surface area contributed by atoms with E-state index in [-0.39, 0.29) is 22.7 Å². The van der Waals surface area contributed by atoms with E-state index < -0.39 is 16.1 Å². The summed E-state index contributed by atoms with van der Waals surface area (Å²) in [4.78, 5) is 27.3. The first-order valence-electron chi connectivity index (χ1n) is 12.9. The number of anilines is 2. The zero-order valence-electron chi connectivity index (χ0n) is 21.9. The van der Waals surface area contributed by atoms with Crippen LogP contribution in [0.25, 0.3) is 0 Å². The van der Waals surface area contributed by atoms with Crippen LogP contribution in [0.5, 0.6) is 0 Å². The van der Waals surface area contributed by atoms with Gasteiger partial charge >= 0.3 is 5.97 Å². The summed E-state index contributed by atoms with van der Waals surface area (Å²) in [5.41, 5.74) is 2.08. The van der Waals surface area contributed by atoms with Gasteiger partial charge in [0.05, 0.1) is 18.2 Å². The first-order chi connectivity index (χ1) is 18.7. The zero-order chi connectivity index (χ0) is 28.0. The van der Waals surface area contributed by atoms with Crippen molar-refractivity contribution in [3.05, 3.63) is 88.4 Å². The minimum Gasteiger partial charge on any atom is -0.466 e. The third kappa shape index (κ3) is 7.26. The molecule has 0 aromatic heterocycles. The van der Waals surface area contributed by atoms with Crippen molar-refractivity contribution < 1.29 is 22.7 Å². The Labute approximate surface area is 237 Å². The summed E-state index contributed by atoms with van der Waals surface area (Å²) >= 11 is 3.36. The molecule has 3 aromatic rings. The van der Waals surface area contributed by atoms with Gasteiger partial charge in [0.25, 0.3) is 5.91 Å². The van der Waals surface area contributed by atoms with Gasteiger partial charge in [0.2, 0.25) is 10.0 Å². The summed E-state index contributed by atoms with van der Waals surface area (Å²) in [5.74, 6) is -0.979. The van der Waals surface area contributed by atoms with Crippen LogP contribution in [-0.2, 0) is 19.6 Å². The maximum atomic E-state index is 13.8. The van der Waals surface area contributed by atoms with Gasteiger partial charge in [0, 0.05) is 34.9 Å². The second kappa shape index (κ2) is 12.8. The molecule has 3 aromatic carbocycles. The van der Waals surface area contributed by atoms with Gasteiger partial charge in [-0.3, -0.25) is 9.59 Å². The normalized spacial score (nSPS) is 16.4. The van der Waals surface area contributed by atoms with Crippen molar-refractivity contribution in [3.63, 3.8) is 0 Å². The maximum absolute atomic E-state index is 13.8. The average molecular weight is 615 g/mol. The van der Waals surface area contributed by atoms with Gasteiger partial charge in [-0.05, 0) is 74.7 Å². The van der Waals surface area contributed by atoms with Crippen LogP contribution >= 0.6 is 15.9 Å². The van der Waals surface area contributed by atoms with Gasteiger partial charge in [-0.25, -0.2) is 13.1 Å². The molecule has 2 N–H and O–H groups in total. The molecule has 1 aliphatic heterocycles. The molecule has 10 heteroatoms. The second-order valence-electron chi connectivity index (χ2n) is 9.43. The van der Waals surface area contributed by atoms with Crippen LogP contribution in [0, 0.1) is 5.92 Å². The van der Waals surface area contributed by atoms with E-state index in [1.54, 1.807) is 50.2 Å². The predicted molar refractivity (Wildman–Crippen MR) is 155 cm³/mol. The Bertz CT molecular complexity index is 1410. The second-order valence-corrected chi connectivity index (χ2v) is 12.0. The minimum absolute atomic E-state index is 0.0309. The number of halogens is 1. The largest absolute Gasteiger partial charge is 0.466 e. The molecule has 2 atom stereocenters. The number of ether oxygens (including phenoxy) is 1. The highest BCUT2D eigenvalue weighted by molar-refractivity contribution is 9.10. The van der Waals surface area contributed by atoms with Crippen LogP contribution in [0.3, 0.4) is 0 Å². The summed E-state index contributed by atoms with van der Waals surface area (Å²) in [6.45, 7) is 4.79. The highest BCUT2D eigenvalue weighted by atomic mass is 79.9. The van der Waals surface area contributed by atoms with E-state index in [1.165, 1.54) is 6.07 Å². The standard InChI is InChI=1S/C29H32BrN3O5S/c1-3-38-29(35)23-10-7-17-33(19-23)26-16-15-25(31-28(34)22-11-13-24(30)14-12-22)18-27(26)39(36,37)32-20(2)21-8-5-4-6-9-21/h4-6,8-9,11-16,18,20,23,32H,3,7,10,17,19H2,1-2H3,(H,31,34)/t20-,23+/m0/s1. The lowest BCUT2D eigenvalue weighted by molar-refractivity contribution is -0.148. The lowest BCUT2D eigenvalue weighted by Crippen LogP contribution is -2.40. The van der Waals surface area contributed by atoms with Crippen molar-refractivity contribution in [2.75, 3.05) is 29.9 Å². The Morgan fingerprint density at radius 3 is 2.49 bits per heavy atom. The summed E-state index contributed by atoms with van der Waals surface area (Å²) in [6.07, 6.45) is 1.40. The molecule has 206 valence electrons. The Balaban J connectivity index is 1.67. The fraction of sp³-hybridized carbons (Fsp3) is 0.310. The van der Waals surface area contributed by atoms with Gasteiger partial charge in [0.1, 0.15) is 4.90 Å². The van der Waals surface area contributed by atoms with Crippen molar-refractivity contribution in [2.45, 2.75) is 37.6 Å². The topological polar surface area (TPSA) is 105 Å². The van der Waals surface area contributed by atoms with E-state index >= 15 is 0 Å². The van der Waals surface area contributed by atoms with Crippen LogP contribution in [0.1, 0.15) is 48.7 Å². The molecule has 0 spiro atoms. The Kier molecular flexibility index (Phi) is 9.42. The Morgan fingerprint density at radius 1 is 1.08 bits per heavy atom. The summed E-state index contributed by atoms with van der Waals surface area (Å²) in [7, 11) is -4.03. The summed E-state index contributed by atoms with van der Waals surface area (Å²) in [6, 6.07) is 20.5. The molecule has 0 saturated carbocycles. The molecule has 0 unspecified atom stereocenters. The average Bonchev–Trinajstić information content (AvgIpc) is 2.94. The fourth-order valence-electron chi connectivity index (χ4n) is 4.63. The fourth-order valence-corrected chi connectivity index (χ4v) is 6.37. The molecule has 1 fully saturated rings. The monoisotopic (exact) mass is 613 g/mol. The van der Waals surface area contributed by atoms with Crippen molar-refractivity contribution in [2.24, 2.45) is 5.92 Å². The predicted octanol–water partition coefficient (Wildman–Crippen LogP) is 5.52. The van der Waals surface area contributed by atoms with Gasteiger partial charge in [-0.15, -0.1) is 0 Å². The number of hydrogen-bond acceptors (Lipinski definition) is 6. The van der Waals surface area contributed by atoms with E-state index in [0.29, 0.717) is 43.1 Å². The molecule has 4 rings (SSSR count). The molecule has 8 nitrogen and oxygen atoms in total. The van der Waals surface area contributed by atoms with E-state index in [9.17, 15) is 18.0 Å². The first kappa shape index (κ1) is 28.8. The van der Waals surface area contributed by atoms with Crippen molar-refractivity contribution >= 4 is 49.2 Å². The van der Waals surface area contributed by atoms with Gasteiger partial charge in [-0.1, -0.05) is 46.3 Å². The molecule has 1 aliphatic rings. The zero-order valence-corrected chi connectivity index (χ0v) is 24.3. The molecule has 1 saturated heterocycles. The lowest BCUT2D eigenvalue weighted by atomic mass is 9.97. The van der Waals surface area contributed by atoms with Gasteiger partial charge in [-0.2, -0.15) is 0 Å². The van der Waals surface area contributed by atoms with E-state index in [1.807, 2.05) is 35.2 Å². The van der Waals surface area contributed by atoms with E-state index in [0.717, 1.165) is 16.5 Å². The number of rotatable bonds is 9. The smallest absolute Gasteiger partial charge is 0.310 e. The molecule has 1 amide bonds. The quantitative estimate of drug-likeness (QED) is 0.308. The number of nitrogens with zero attached hydrogens (tertiary/aromatic N) is 1. The first-order valence-corrected chi connectivity index (χ1v) is 15.2. The highest BCUT2D eigenvalue weighted by Crippen LogP contribution is 2.33. The third-order valence-electron chi connectivity index (χ3n) is 6.63.